The highest BCUT2D eigenvalue weighted by molar-refractivity contribution is 8.00. The van der Waals surface area contributed by atoms with E-state index in [1.54, 1.807) is 99.1 Å². The van der Waals surface area contributed by atoms with Crippen LogP contribution >= 0.6 is 23.4 Å². The maximum absolute atomic E-state index is 13.6. The molecule has 0 spiro atoms. The molecular weight excluding hydrogens is 646 g/mol. The lowest BCUT2D eigenvalue weighted by atomic mass is 10.1. The smallest absolute Gasteiger partial charge is 0.272 e. The van der Waals surface area contributed by atoms with Crippen LogP contribution in [-0.2, 0) is 9.59 Å². The Bertz CT molecular complexity index is 1900. The van der Waals surface area contributed by atoms with Crippen LogP contribution in [0.3, 0.4) is 0 Å². The van der Waals surface area contributed by atoms with Gasteiger partial charge in [-0.1, -0.05) is 78.3 Å². The van der Waals surface area contributed by atoms with Gasteiger partial charge in [-0.25, -0.2) is 0 Å². The van der Waals surface area contributed by atoms with Crippen molar-refractivity contribution in [2.24, 2.45) is 0 Å². The Morgan fingerprint density at radius 3 is 1.94 bits per heavy atom. The second-order valence-electron chi connectivity index (χ2n) is 10.4. The van der Waals surface area contributed by atoms with Crippen LogP contribution in [0.1, 0.15) is 26.7 Å². The monoisotopic (exact) mass is 677 g/mol. The van der Waals surface area contributed by atoms with Gasteiger partial charge in [0.2, 0.25) is 5.91 Å². The van der Waals surface area contributed by atoms with E-state index in [1.165, 1.54) is 17.8 Å². The molecule has 0 fully saturated rings. The van der Waals surface area contributed by atoms with Crippen LogP contribution in [0.25, 0.3) is 6.08 Å². The summed E-state index contributed by atoms with van der Waals surface area (Å²) in [5.74, 6) is -0.0999. The predicted octanol–water partition coefficient (Wildman–Crippen LogP) is 8.24. The lowest BCUT2D eigenvalue weighted by molar-refractivity contribution is -0.116. The third kappa shape index (κ3) is 9.06. The van der Waals surface area contributed by atoms with Crippen molar-refractivity contribution in [2.45, 2.75) is 10.1 Å². The van der Waals surface area contributed by atoms with Gasteiger partial charge in [-0.05, 0) is 59.7 Å². The first-order valence-corrected chi connectivity index (χ1v) is 16.1. The van der Waals surface area contributed by atoms with Gasteiger partial charge >= 0.3 is 0 Å². The van der Waals surface area contributed by atoms with Crippen molar-refractivity contribution in [3.05, 3.63) is 155 Å². The Morgan fingerprint density at radius 2 is 1.31 bits per heavy atom. The van der Waals surface area contributed by atoms with Crippen molar-refractivity contribution in [3.8, 4) is 11.5 Å². The molecule has 3 N–H and O–H groups in total. The van der Waals surface area contributed by atoms with E-state index in [1.807, 2.05) is 42.5 Å². The van der Waals surface area contributed by atoms with Crippen LogP contribution in [0, 0.1) is 0 Å². The molecule has 0 aromatic heterocycles. The maximum atomic E-state index is 13.6. The van der Waals surface area contributed by atoms with Crippen molar-refractivity contribution in [3.63, 3.8) is 0 Å². The summed E-state index contributed by atoms with van der Waals surface area (Å²) in [7, 11) is 3.09. The van der Waals surface area contributed by atoms with Gasteiger partial charge in [0.25, 0.3) is 11.8 Å². The molecule has 0 aliphatic carbocycles. The van der Waals surface area contributed by atoms with E-state index in [-0.39, 0.29) is 11.6 Å². The molecule has 48 heavy (non-hydrogen) atoms. The molecule has 0 saturated heterocycles. The fraction of sp³-hybridized carbons (Fsp3) is 0.0789. The van der Waals surface area contributed by atoms with E-state index in [0.29, 0.717) is 39.0 Å². The van der Waals surface area contributed by atoms with Crippen molar-refractivity contribution >= 4 is 58.5 Å². The van der Waals surface area contributed by atoms with E-state index in [9.17, 15) is 14.4 Å². The second kappa shape index (κ2) is 16.4. The standard InChI is InChI=1S/C38H32ClN3O5S/c1-46-30-22-29(23-31(24-30)47-2)41-38(45)35(25-11-5-3-6-12-25)48-32-19-17-28(18-20-32)40-37(44)34(21-27-15-9-10-16-33(27)39)42-36(43)26-13-7-4-8-14-26/h3-24,35H,1-2H3,(H,40,44)(H,41,45)(H,42,43)/b34-21-. The van der Waals surface area contributed by atoms with Crippen molar-refractivity contribution in [1.82, 2.24) is 5.32 Å². The number of nitrogens with one attached hydrogen (secondary N) is 3. The van der Waals surface area contributed by atoms with Crippen LogP contribution in [0.5, 0.6) is 11.5 Å². The lowest BCUT2D eigenvalue weighted by Gasteiger charge is -2.18. The van der Waals surface area contributed by atoms with Crippen LogP contribution in [-0.4, -0.2) is 31.9 Å². The number of halogens is 1. The summed E-state index contributed by atoms with van der Waals surface area (Å²) in [4.78, 5) is 40.9. The van der Waals surface area contributed by atoms with Gasteiger partial charge in [-0.15, -0.1) is 11.8 Å². The highest BCUT2D eigenvalue weighted by Crippen LogP contribution is 2.37. The highest BCUT2D eigenvalue weighted by Gasteiger charge is 2.23. The average molecular weight is 678 g/mol. The Kier molecular flexibility index (Phi) is 11.5. The number of carbonyl (C=O) groups excluding carboxylic acids is 3. The van der Waals surface area contributed by atoms with E-state index < -0.39 is 17.1 Å². The van der Waals surface area contributed by atoms with Gasteiger partial charge < -0.3 is 25.4 Å². The summed E-state index contributed by atoms with van der Waals surface area (Å²) in [5, 5.41) is 8.39. The molecule has 1 unspecified atom stereocenters. The molecule has 1 atom stereocenters. The molecular formula is C38H32ClN3O5S. The molecule has 242 valence electrons. The molecule has 5 rings (SSSR count). The largest absolute Gasteiger partial charge is 0.497 e. The number of benzene rings is 5. The van der Waals surface area contributed by atoms with Gasteiger partial charge in [0, 0.05) is 45.1 Å². The Morgan fingerprint density at radius 1 is 0.708 bits per heavy atom. The van der Waals surface area contributed by atoms with Crippen molar-refractivity contribution < 1.29 is 23.9 Å². The number of thioether (sulfide) groups is 1. The summed E-state index contributed by atoms with van der Waals surface area (Å²) in [6, 6.07) is 37.4. The minimum absolute atomic E-state index is 0.0189. The first-order valence-electron chi connectivity index (χ1n) is 14.8. The molecule has 0 aliphatic rings. The zero-order valence-electron chi connectivity index (χ0n) is 26.1. The predicted molar refractivity (Wildman–Crippen MR) is 192 cm³/mol. The third-order valence-electron chi connectivity index (χ3n) is 7.06. The minimum atomic E-state index is -0.595. The molecule has 0 saturated carbocycles. The topological polar surface area (TPSA) is 106 Å². The molecule has 0 radical (unpaired) electrons. The lowest BCUT2D eigenvalue weighted by Crippen LogP contribution is -2.30. The molecule has 5 aromatic carbocycles. The van der Waals surface area contributed by atoms with Gasteiger partial charge in [0.1, 0.15) is 22.4 Å². The van der Waals surface area contributed by atoms with E-state index in [0.717, 1.165) is 10.5 Å². The minimum Gasteiger partial charge on any atom is -0.497 e. The summed E-state index contributed by atoms with van der Waals surface area (Å²) in [6.07, 6.45) is 1.53. The third-order valence-corrected chi connectivity index (χ3v) is 8.67. The molecule has 0 aliphatic heterocycles. The number of ether oxygens (including phenoxy) is 2. The molecule has 8 nitrogen and oxygen atoms in total. The number of carbonyl (C=O) groups is 3. The van der Waals surface area contributed by atoms with Crippen molar-refractivity contribution in [2.75, 3.05) is 24.9 Å². The average Bonchev–Trinajstić information content (AvgIpc) is 3.12. The number of amides is 3. The normalized spacial score (nSPS) is 11.6. The first-order chi connectivity index (χ1) is 23.3. The number of hydrogen-bond donors (Lipinski definition) is 3. The SMILES string of the molecule is COc1cc(NC(=O)C(Sc2ccc(NC(=O)/C(=C/c3ccccc3Cl)NC(=O)c3ccccc3)cc2)c2ccccc2)cc(OC)c1. The summed E-state index contributed by atoms with van der Waals surface area (Å²) in [6.45, 7) is 0. The fourth-order valence-corrected chi connectivity index (χ4v) is 5.84. The second-order valence-corrected chi connectivity index (χ2v) is 12.0. The van der Waals surface area contributed by atoms with Crippen LogP contribution in [0.15, 0.2) is 138 Å². The Labute approximate surface area is 288 Å². The highest BCUT2D eigenvalue weighted by atomic mass is 35.5. The van der Waals surface area contributed by atoms with Crippen molar-refractivity contribution in [1.29, 1.82) is 0 Å². The number of methoxy groups -OCH3 is 2. The van der Waals surface area contributed by atoms with Gasteiger partial charge in [0.15, 0.2) is 0 Å². The molecule has 5 aromatic rings. The summed E-state index contributed by atoms with van der Waals surface area (Å²) < 4.78 is 10.7. The quantitative estimate of drug-likeness (QED) is 0.0908. The summed E-state index contributed by atoms with van der Waals surface area (Å²) >= 11 is 7.72. The number of rotatable bonds is 12. The van der Waals surface area contributed by atoms with E-state index in [4.69, 9.17) is 21.1 Å². The molecule has 10 heteroatoms. The molecule has 3 amide bonds. The first kappa shape index (κ1) is 33.8. The van der Waals surface area contributed by atoms with E-state index in [2.05, 4.69) is 16.0 Å². The molecule has 0 heterocycles. The molecule has 0 bridgehead atoms. The van der Waals surface area contributed by atoms with Crippen LogP contribution in [0.4, 0.5) is 11.4 Å². The summed E-state index contributed by atoms with van der Waals surface area (Å²) in [5.41, 5.74) is 2.84. The van der Waals surface area contributed by atoms with Gasteiger partial charge in [0.05, 0.1) is 14.2 Å². The fourth-order valence-electron chi connectivity index (χ4n) is 4.63. The number of anilines is 2. The zero-order chi connectivity index (χ0) is 33.9. The van der Waals surface area contributed by atoms with Crippen LogP contribution < -0.4 is 25.4 Å². The van der Waals surface area contributed by atoms with E-state index >= 15 is 0 Å². The van der Waals surface area contributed by atoms with Crippen LogP contribution in [0.2, 0.25) is 5.02 Å². The zero-order valence-corrected chi connectivity index (χ0v) is 27.7. The maximum Gasteiger partial charge on any atom is 0.272 e. The number of hydrogen-bond acceptors (Lipinski definition) is 6. The Balaban J connectivity index is 1.34. The van der Waals surface area contributed by atoms with Gasteiger partial charge in [-0.2, -0.15) is 0 Å². The van der Waals surface area contributed by atoms with Gasteiger partial charge in [-0.3, -0.25) is 14.4 Å². The Hall–Kier alpha value is -5.51.